The molecule has 0 radical (unpaired) electrons. The van der Waals surface area contributed by atoms with Gasteiger partial charge in [-0.15, -0.1) is 0 Å². The molecule has 0 aliphatic heterocycles. The van der Waals surface area contributed by atoms with Crippen LogP contribution >= 0.6 is 0 Å². The van der Waals surface area contributed by atoms with E-state index in [1.165, 1.54) is 0 Å². The van der Waals surface area contributed by atoms with Crippen LogP contribution in [0.4, 0.5) is 0 Å². The van der Waals surface area contributed by atoms with Crippen LogP contribution in [0.2, 0.25) is 0 Å². The number of hydrogen-bond donors (Lipinski definition) is 0. The van der Waals surface area contributed by atoms with Crippen molar-refractivity contribution in [1.82, 2.24) is 9.78 Å². The van der Waals surface area contributed by atoms with Gasteiger partial charge in [0.2, 0.25) is 0 Å². The van der Waals surface area contributed by atoms with Crippen LogP contribution in [-0.4, -0.2) is 24.0 Å². The molecule has 0 atom stereocenters. The second-order valence-electron chi connectivity index (χ2n) is 3.48. The Bertz CT molecular complexity index is 469. The lowest BCUT2D eigenvalue weighted by molar-refractivity contribution is 0.394. The van der Waals surface area contributed by atoms with Crippen molar-refractivity contribution in [1.29, 1.82) is 0 Å². The van der Waals surface area contributed by atoms with Crippen LogP contribution < -0.4 is 9.47 Å². The first-order chi connectivity index (χ1) is 7.72. The van der Waals surface area contributed by atoms with Crippen molar-refractivity contribution in [2.75, 3.05) is 14.2 Å². The Hall–Kier alpha value is -1.97. The molecule has 0 amide bonds. The molecule has 0 aliphatic carbocycles. The fraction of sp³-hybridized carbons (Fsp3) is 0.250. The second kappa shape index (κ2) is 4.26. The van der Waals surface area contributed by atoms with E-state index in [4.69, 9.17) is 9.47 Å². The van der Waals surface area contributed by atoms with Crippen LogP contribution in [0.15, 0.2) is 30.5 Å². The Morgan fingerprint density at radius 1 is 1.06 bits per heavy atom. The third-order valence-corrected chi connectivity index (χ3v) is 2.36. The van der Waals surface area contributed by atoms with E-state index in [-0.39, 0.29) is 0 Å². The van der Waals surface area contributed by atoms with Gasteiger partial charge in [-0.3, -0.25) is 4.68 Å². The largest absolute Gasteiger partial charge is 0.497 e. The highest BCUT2D eigenvalue weighted by molar-refractivity contribution is 5.63. The first kappa shape index (κ1) is 10.5. The molecular formula is C12H14N2O2. The molecule has 1 aromatic heterocycles. The van der Waals surface area contributed by atoms with Gasteiger partial charge in [-0.05, 0) is 18.2 Å². The topological polar surface area (TPSA) is 36.3 Å². The van der Waals surface area contributed by atoms with Crippen molar-refractivity contribution in [3.8, 4) is 22.8 Å². The highest BCUT2D eigenvalue weighted by Crippen LogP contribution is 2.28. The summed E-state index contributed by atoms with van der Waals surface area (Å²) in [4.78, 5) is 0. The minimum absolute atomic E-state index is 0.764. The fourth-order valence-corrected chi connectivity index (χ4v) is 1.52. The van der Waals surface area contributed by atoms with Crippen molar-refractivity contribution in [2.45, 2.75) is 0 Å². The number of methoxy groups -OCH3 is 2. The smallest absolute Gasteiger partial charge is 0.123 e. The first-order valence-electron chi connectivity index (χ1n) is 4.96. The summed E-state index contributed by atoms with van der Waals surface area (Å²) < 4.78 is 12.2. The SMILES string of the molecule is COc1cc(OC)cc(-c2ccn(C)n2)c1. The summed E-state index contributed by atoms with van der Waals surface area (Å²) in [6.07, 6.45) is 1.90. The molecule has 1 aromatic carbocycles. The van der Waals surface area contributed by atoms with E-state index < -0.39 is 0 Å². The average molecular weight is 218 g/mol. The highest BCUT2D eigenvalue weighted by atomic mass is 16.5. The normalized spacial score (nSPS) is 10.2. The fourth-order valence-electron chi connectivity index (χ4n) is 1.52. The lowest BCUT2D eigenvalue weighted by Crippen LogP contribution is -1.91. The number of hydrogen-bond acceptors (Lipinski definition) is 3. The van der Waals surface area contributed by atoms with E-state index >= 15 is 0 Å². The Kier molecular flexibility index (Phi) is 2.81. The summed E-state index contributed by atoms with van der Waals surface area (Å²) in [6.45, 7) is 0. The van der Waals surface area contributed by atoms with Crippen LogP contribution in [-0.2, 0) is 7.05 Å². The molecule has 0 bridgehead atoms. The zero-order chi connectivity index (χ0) is 11.5. The van der Waals surface area contributed by atoms with Crippen molar-refractivity contribution in [3.05, 3.63) is 30.5 Å². The Labute approximate surface area is 94.4 Å². The molecule has 4 nitrogen and oxygen atoms in total. The van der Waals surface area contributed by atoms with Crippen LogP contribution in [0, 0.1) is 0 Å². The van der Waals surface area contributed by atoms with Gasteiger partial charge in [0, 0.05) is 24.9 Å². The van der Waals surface area contributed by atoms with E-state index in [9.17, 15) is 0 Å². The lowest BCUT2D eigenvalue weighted by atomic mass is 10.1. The van der Waals surface area contributed by atoms with Crippen LogP contribution in [0.25, 0.3) is 11.3 Å². The average Bonchev–Trinajstić information content (AvgIpc) is 2.75. The van der Waals surface area contributed by atoms with Crippen molar-refractivity contribution < 1.29 is 9.47 Å². The van der Waals surface area contributed by atoms with Gasteiger partial charge < -0.3 is 9.47 Å². The number of aromatic nitrogens is 2. The highest BCUT2D eigenvalue weighted by Gasteiger charge is 2.06. The quantitative estimate of drug-likeness (QED) is 0.791. The van der Waals surface area contributed by atoms with Gasteiger partial charge >= 0.3 is 0 Å². The van der Waals surface area contributed by atoms with E-state index in [0.717, 1.165) is 22.8 Å². The summed E-state index contributed by atoms with van der Waals surface area (Å²) in [5, 5.41) is 4.34. The van der Waals surface area contributed by atoms with Crippen molar-refractivity contribution in [3.63, 3.8) is 0 Å². The van der Waals surface area contributed by atoms with Gasteiger partial charge in [0.1, 0.15) is 11.5 Å². The molecule has 16 heavy (non-hydrogen) atoms. The predicted molar refractivity (Wildman–Crippen MR) is 61.7 cm³/mol. The minimum atomic E-state index is 0.764. The van der Waals surface area contributed by atoms with Crippen molar-refractivity contribution in [2.24, 2.45) is 7.05 Å². The molecule has 2 rings (SSSR count). The molecule has 0 aliphatic rings. The maximum Gasteiger partial charge on any atom is 0.123 e. The van der Waals surface area contributed by atoms with Crippen LogP contribution in [0.3, 0.4) is 0 Å². The van der Waals surface area contributed by atoms with E-state index in [0.29, 0.717) is 0 Å². The molecule has 0 saturated heterocycles. The van der Waals surface area contributed by atoms with E-state index in [1.54, 1.807) is 18.9 Å². The summed E-state index contributed by atoms with van der Waals surface area (Å²) in [7, 11) is 5.16. The van der Waals surface area contributed by atoms with Gasteiger partial charge in [-0.2, -0.15) is 5.10 Å². The molecule has 0 unspecified atom stereocenters. The molecule has 0 spiro atoms. The minimum Gasteiger partial charge on any atom is -0.497 e. The molecule has 1 heterocycles. The molecule has 4 heteroatoms. The monoisotopic (exact) mass is 218 g/mol. The maximum atomic E-state index is 5.21. The number of aryl methyl sites for hydroxylation is 1. The molecule has 2 aromatic rings. The van der Waals surface area contributed by atoms with Gasteiger partial charge in [0.15, 0.2) is 0 Å². The van der Waals surface area contributed by atoms with Crippen LogP contribution in [0.1, 0.15) is 0 Å². The zero-order valence-electron chi connectivity index (χ0n) is 9.60. The number of nitrogens with zero attached hydrogens (tertiary/aromatic N) is 2. The Morgan fingerprint density at radius 2 is 1.69 bits per heavy atom. The molecule has 0 fully saturated rings. The van der Waals surface area contributed by atoms with Gasteiger partial charge in [0.05, 0.1) is 19.9 Å². The third-order valence-electron chi connectivity index (χ3n) is 2.36. The number of rotatable bonds is 3. The zero-order valence-corrected chi connectivity index (χ0v) is 9.60. The summed E-state index contributed by atoms with van der Waals surface area (Å²) in [5.41, 5.74) is 1.89. The molecule has 84 valence electrons. The van der Waals surface area contributed by atoms with E-state index in [2.05, 4.69) is 5.10 Å². The Balaban J connectivity index is 2.47. The summed E-state index contributed by atoms with van der Waals surface area (Å²) >= 11 is 0. The Morgan fingerprint density at radius 3 is 2.12 bits per heavy atom. The van der Waals surface area contributed by atoms with Crippen molar-refractivity contribution >= 4 is 0 Å². The van der Waals surface area contributed by atoms with E-state index in [1.807, 2.05) is 37.5 Å². The van der Waals surface area contributed by atoms with Gasteiger partial charge in [-0.25, -0.2) is 0 Å². The summed E-state index contributed by atoms with van der Waals surface area (Å²) in [6, 6.07) is 7.66. The third kappa shape index (κ3) is 2.00. The van der Waals surface area contributed by atoms with Gasteiger partial charge in [-0.1, -0.05) is 0 Å². The second-order valence-corrected chi connectivity index (χ2v) is 3.48. The molecular weight excluding hydrogens is 204 g/mol. The molecule has 0 saturated carbocycles. The first-order valence-corrected chi connectivity index (χ1v) is 4.96. The lowest BCUT2D eigenvalue weighted by Gasteiger charge is -2.06. The molecule has 0 N–H and O–H groups in total. The predicted octanol–water partition coefficient (Wildman–Crippen LogP) is 2.10. The standard InChI is InChI=1S/C12H14N2O2/c1-14-5-4-12(13-14)9-6-10(15-2)8-11(7-9)16-3/h4-8H,1-3H3. The summed E-state index contributed by atoms with van der Waals surface area (Å²) in [5.74, 6) is 1.53. The number of ether oxygens (including phenoxy) is 2. The van der Waals surface area contributed by atoms with Crippen LogP contribution in [0.5, 0.6) is 11.5 Å². The number of benzene rings is 1. The maximum absolute atomic E-state index is 5.21. The van der Waals surface area contributed by atoms with Gasteiger partial charge in [0.25, 0.3) is 0 Å².